The Bertz CT molecular complexity index is 763. The first kappa shape index (κ1) is 17.1. The number of halogens is 2. The van der Waals surface area contributed by atoms with E-state index in [9.17, 15) is 8.42 Å². The molecule has 22 heavy (non-hydrogen) atoms. The molecule has 2 aromatic carbocycles. The quantitative estimate of drug-likeness (QED) is 0.800. The van der Waals surface area contributed by atoms with Gasteiger partial charge in [0.1, 0.15) is 12.4 Å². The lowest BCUT2D eigenvalue weighted by atomic mass is 10.2. The van der Waals surface area contributed by atoms with Crippen molar-refractivity contribution >= 4 is 33.2 Å². The van der Waals surface area contributed by atoms with Crippen LogP contribution in [0.25, 0.3) is 0 Å². The van der Waals surface area contributed by atoms with Crippen LogP contribution in [0.1, 0.15) is 5.56 Å². The van der Waals surface area contributed by atoms with Crippen molar-refractivity contribution < 1.29 is 13.2 Å². The van der Waals surface area contributed by atoms with Gasteiger partial charge in [0.2, 0.25) is 10.0 Å². The smallest absolute Gasteiger partial charge is 0.240 e. The molecule has 0 aliphatic carbocycles. The third-order valence-corrected chi connectivity index (χ3v) is 5.02. The van der Waals surface area contributed by atoms with Crippen LogP contribution in [0.2, 0.25) is 10.0 Å². The zero-order valence-corrected chi connectivity index (χ0v) is 14.2. The highest BCUT2D eigenvalue weighted by molar-refractivity contribution is 7.89. The maximum Gasteiger partial charge on any atom is 0.240 e. The van der Waals surface area contributed by atoms with E-state index in [1.54, 1.807) is 30.3 Å². The third-order valence-electron chi connectivity index (χ3n) is 2.90. The van der Waals surface area contributed by atoms with Crippen LogP contribution in [0, 0.1) is 6.92 Å². The van der Waals surface area contributed by atoms with E-state index in [1.807, 2.05) is 6.92 Å². The van der Waals surface area contributed by atoms with Crippen molar-refractivity contribution in [3.05, 3.63) is 58.1 Å². The molecular weight excluding hydrogens is 345 g/mol. The minimum atomic E-state index is -3.59. The molecule has 2 aromatic rings. The minimum Gasteiger partial charge on any atom is -0.492 e. The molecule has 2 rings (SSSR count). The SMILES string of the molecule is Cc1cc(OCCNS(=O)(=O)c2cccc(Cl)c2)ccc1Cl. The van der Waals surface area contributed by atoms with Gasteiger partial charge in [-0.25, -0.2) is 13.1 Å². The lowest BCUT2D eigenvalue weighted by molar-refractivity contribution is 0.322. The Kier molecular flexibility index (Phi) is 5.69. The Balaban J connectivity index is 1.89. The third kappa shape index (κ3) is 4.61. The summed E-state index contributed by atoms with van der Waals surface area (Å²) < 4.78 is 32.0. The number of rotatable bonds is 6. The highest BCUT2D eigenvalue weighted by Crippen LogP contribution is 2.21. The number of hydrogen-bond donors (Lipinski definition) is 1. The summed E-state index contributed by atoms with van der Waals surface area (Å²) >= 11 is 11.7. The molecule has 1 N–H and O–H groups in total. The summed E-state index contributed by atoms with van der Waals surface area (Å²) in [7, 11) is -3.59. The molecular formula is C15H15Cl2NO3S. The minimum absolute atomic E-state index is 0.127. The van der Waals surface area contributed by atoms with Gasteiger partial charge < -0.3 is 4.74 Å². The van der Waals surface area contributed by atoms with Crippen molar-refractivity contribution in [1.29, 1.82) is 0 Å². The van der Waals surface area contributed by atoms with E-state index in [4.69, 9.17) is 27.9 Å². The summed E-state index contributed by atoms with van der Waals surface area (Å²) in [4.78, 5) is 0.127. The van der Waals surface area contributed by atoms with Gasteiger partial charge in [-0.2, -0.15) is 0 Å². The molecule has 0 atom stereocenters. The molecule has 7 heteroatoms. The van der Waals surface area contributed by atoms with Crippen LogP contribution in [-0.2, 0) is 10.0 Å². The topological polar surface area (TPSA) is 55.4 Å². The summed E-state index contributed by atoms with van der Waals surface area (Å²) in [5, 5.41) is 1.03. The zero-order valence-electron chi connectivity index (χ0n) is 11.8. The van der Waals surface area contributed by atoms with E-state index in [0.29, 0.717) is 15.8 Å². The number of nitrogens with one attached hydrogen (secondary N) is 1. The van der Waals surface area contributed by atoms with Crippen molar-refractivity contribution in [3.63, 3.8) is 0 Å². The van der Waals surface area contributed by atoms with E-state index < -0.39 is 10.0 Å². The monoisotopic (exact) mass is 359 g/mol. The summed E-state index contributed by atoms with van der Waals surface area (Å²) in [5.41, 5.74) is 0.902. The molecule has 4 nitrogen and oxygen atoms in total. The first-order valence-corrected chi connectivity index (χ1v) is 8.76. The zero-order chi connectivity index (χ0) is 16.2. The van der Waals surface area contributed by atoms with E-state index in [2.05, 4.69) is 4.72 Å². The average molecular weight is 360 g/mol. The van der Waals surface area contributed by atoms with Crippen molar-refractivity contribution in [1.82, 2.24) is 4.72 Å². The highest BCUT2D eigenvalue weighted by atomic mass is 35.5. The van der Waals surface area contributed by atoms with Crippen molar-refractivity contribution in [2.45, 2.75) is 11.8 Å². The molecule has 0 spiro atoms. The predicted molar refractivity (Wildman–Crippen MR) is 88.3 cm³/mol. The molecule has 0 bridgehead atoms. The molecule has 0 unspecified atom stereocenters. The van der Waals surface area contributed by atoms with Crippen LogP contribution in [0.4, 0.5) is 0 Å². The van der Waals surface area contributed by atoms with Crippen LogP contribution in [0.3, 0.4) is 0 Å². The van der Waals surface area contributed by atoms with Crippen LogP contribution in [-0.4, -0.2) is 21.6 Å². The lowest BCUT2D eigenvalue weighted by Crippen LogP contribution is -2.28. The molecule has 0 aliphatic rings. The van der Waals surface area contributed by atoms with Gasteiger partial charge >= 0.3 is 0 Å². The number of hydrogen-bond acceptors (Lipinski definition) is 3. The summed E-state index contributed by atoms with van der Waals surface area (Å²) in [6, 6.07) is 11.4. The fraction of sp³-hybridized carbons (Fsp3) is 0.200. The normalized spacial score (nSPS) is 11.4. The van der Waals surface area contributed by atoms with E-state index >= 15 is 0 Å². The summed E-state index contributed by atoms with van der Waals surface area (Å²) in [6.07, 6.45) is 0. The standard InChI is InChI=1S/C15H15Cl2NO3S/c1-11-9-13(5-6-15(11)17)21-8-7-18-22(19,20)14-4-2-3-12(16)10-14/h2-6,9-10,18H,7-8H2,1H3. The molecule has 0 aromatic heterocycles. The summed E-state index contributed by atoms with van der Waals surface area (Å²) in [6.45, 7) is 2.23. The van der Waals surface area contributed by atoms with Crippen LogP contribution >= 0.6 is 23.2 Å². The van der Waals surface area contributed by atoms with E-state index in [1.165, 1.54) is 12.1 Å². The van der Waals surface area contributed by atoms with Gasteiger partial charge in [0.05, 0.1) is 4.90 Å². The largest absolute Gasteiger partial charge is 0.492 e. The Labute approximate surface area is 140 Å². The first-order chi connectivity index (χ1) is 10.4. The van der Waals surface area contributed by atoms with Crippen LogP contribution < -0.4 is 9.46 Å². The Morgan fingerprint density at radius 1 is 1.14 bits per heavy atom. The van der Waals surface area contributed by atoms with Gasteiger partial charge in [0.15, 0.2) is 0 Å². The molecule has 0 saturated heterocycles. The van der Waals surface area contributed by atoms with Crippen molar-refractivity contribution in [3.8, 4) is 5.75 Å². The molecule has 0 heterocycles. The van der Waals surface area contributed by atoms with E-state index in [0.717, 1.165) is 5.56 Å². The van der Waals surface area contributed by atoms with Gasteiger partial charge in [-0.1, -0.05) is 29.3 Å². The van der Waals surface area contributed by atoms with Gasteiger partial charge in [-0.15, -0.1) is 0 Å². The number of sulfonamides is 1. The van der Waals surface area contributed by atoms with Gasteiger partial charge in [0.25, 0.3) is 0 Å². The van der Waals surface area contributed by atoms with Gasteiger partial charge in [-0.3, -0.25) is 0 Å². The Morgan fingerprint density at radius 2 is 1.91 bits per heavy atom. The van der Waals surface area contributed by atoms with Crippen molar-refractivity contribution in [2.75, 3.05) is 13.2 Å². The molecule has 0 saturated carbocycles. The molecule has 118 valence electrons. The molecule has 0 radical (unpaired) electrons. The fourth-order valence-electron chi connectivity index (χ4n) is 1.77. The highest BCUT2D eigenvalue weighted by Gasteiger charge is 2.13. The average Bonchev–Trinajstić information content (AvgIpc) is 2.47. The lowest BCUT2D eigenvalue weighted by Gasteiger charge is -2.09. The second-order valence-electron chi connectivity index (χ2n) is 4.61. The van der Waals surface area contributed by atoms with E-state index in [-0.39, 0.29) is 18.0 Å². The molecule has 0 aliphatic heterocycles. The first-order valence-electron chi connectivity index (χ1n) is 6.53. The van der Waals surface area contributed by atoms with Crippen molar-refractivity contribution in [2.24, 2.45) is 0 Å². The van der Waals surface area contributed by atoms with Crippen LogP contribution in [0.15, 0.2) is 47.4 Å². The van der Waals surface area contributed by atoms with Crippen LogP contribution in [0.5, 0.6) is 5.75 Å². The van der Waals surface area contributed by atoms with Gasteiger partial charge in [0, 0.05) is 16.6 Å². The Morgan fingerprint density at radius 3 is 2.59 bits per heavy atom. The Hall–Kier alpha value is -1.27. The summed E-state index contributed by atoms with van der Waals surface area (Å²) in [5.74, 6) is 0.642. The maximum absolute atomic E-state index is 12.1. The number of aryl methyl sites for hydroxylation is 1. The predicted octanol–water partition coefficient (Wildman–Crippen LogP) is 3.66. The number of ether oxygens (including phenoxy) is 1. The second kappa shape index (κ2) is 7.33. The maximum atomic E-state index is 12.1. The van der Waals surface area contributed by atoms with Gasteiger partial charge in [-0.05, 0) is 48.9 Å². The number of benzene rings is 2. The second-order valence-corrected chi connectivity index (χ2v) is 7.23. The molecule has 0 fully saturated rings. The fourth-order valence-corrected chi connectivity index (χ4v) is 3.20. The molecule has 0 amide bonds.